The van der Waals surface area contributed by atoms with E-state index in [4.69, 9.17) is 9.97 Å². The van der Waals surface area contributed by atoms with Crippen molar-refractivity contribution < 1.29 is 9.59 Å². The fourth-order valence-corrected chi connectivity index (χ4v) is 8.68. The summed E-state index contributed by atoms with van der Waals surface area (Å²) in [6.07, 6.45) is 7.53. The van der Waals surface area contributed by atoms with Crippen LogP contribution in [0.1, 0.15) is 95.6 Å². The number of nitrogens with zero attached hydrogens (tertiary/aromatic N) is 6. The number of H-pyrrole nitrogens is 2. The average Bonchev–Trinajstić information content (AvgIpc) is 4.07. The monoisotopic (exact) mass is 740 g/mol. The lowest BCUT2D eigenvalue weighted by Gasteiger charge is -2.34. The van der Waals surface area contributed by atoms with Gasteiger partial charge in [-0.25, -0.2) is 9.97 Å². The van der Waals surface area contributed by atoms with Gasteiger partial charge in [-0.15, -0.1) is 0 Å². The van der Waals surface area contributed by atoms with Gasteiger partial charge in [0.2, 0.25) is 11.8 Å². The van der Waals surface area contributed by atoms with E-state index in [2.05, 4.69) is 108 Å². The zero-order valence-corrected chi connectivity index (χ0v) is 33.0. The number of amides is 2. The number of imidazole rings is 2. The summed E-state index contributed by atoms with van der Waals surface area (Å²) in [6.45, 7) is 15.3. The Labute approximate surface area is 326 Å². The molecule has 4 atom stereocenters. The van der Waals surface area contributed by atoms with Gasteiger partial charge in [0, 0.05) is 13.1 Å². The molecule has 7 rings (SSSR count). The minimum Gasteiger partial charge on any atom is -0.340 e. The lowest BCUT2D eigenvalue weighted by molar-refractivity contribution is -0.138. The molecule has 0 spiro atoms. The van der Waals surface area contributed by atoms with Crippen molar-refractivity contribution in [2.24, 2.45) is 0 Å². The molecule has 2 aromatic heterocycles. The van der Waals surface area contributed by atoms with Crippen molar-refractivity contribution >= 4 is 11.8 Å². The van der Waals surface area contributed by atoms with E-state index in [9.17, 15) is 9.59 Å². The molecule has 0 radical (unpaired) electrons. The highest BCUT2D eigenvalue weighted by atomic mass is 16.2. The molecule has 55 heavy (non-hydrogen) atoms. The van der Waals surface area contributed by atoms with Crippen LogP contribution in [0.3, 0.4) is 0 Å². The lowest BCUT2D eigenvalue weighted by Crippen LogP contribution is -2.46. The first kappa shape index (κ1) is 38.2. The summed E-state index contributed by atoms with van der Waals surface area (Å²) in [5.41, 5.74) is 7.29. The van der Waals surface area contributed by atoms with E-state index in [1.54, 1.807) is 0 Å². The maximum Gasteiger partial charge on any atom is 0.245 e. The molecule has 2 aliphatic rings. The number of nitrogens with one attached hydrogen (secondary N) is 2. The van der Waals surface area contributed by atoms with Crippen molar-refractivity contribution in [3.63, 3.8) is 0 Å². The van der Waals surface area contributed by atoms with Crippen LogP contribution >= 0.6 is 0 Å². The molecule has 2 aliphatic heterocycles. The summed E-state index contributed by atoms with van der Waals surface area (Å²) in [4.78, 5) is 52.8. The number of aromatic amines is 2. The number of carbonyl (C=O) groups is 2. The first-order valence-electron chi connectivity index (χ1n) is 20.3. The number of likely N-dealkylation sites (tertiary alicyclic amines) is 2. The average molecular weight is 741 g/mol. The number of carbonyl (C=O) groups excluding carboxylic acids is 2. The second kappa shape index (κ2) is 17.2. The second-order valence-electron chi connectivity index (χ2n) is 14.8. The standard InChI is InChI=1S/C45H56N8O2/c1-6-50(7-2)31(5)44(54)52-27-13-17-39(52)42-46-29-37(48-42)34-23-19-32(20-24-34)33-21-25-35(26-22-33)38-30-47-43(49-38)40-18-14-28-53(40)45(55)41(51(8-3)9-4)36-15-11-10-12-16-36/h10-12,15-16,19-26,29-31,39-41H,6-9,13-14,17-18,27-28H2,1-5H3,(H,46,48)(H,47,49)/t31-,39+,40+,41-/m1/s1. The summed E-state index contributed by atoms with van der Waals surface area (Å²) in [5, 5.41) is 0. The van der Waals surface area contributed by atoms with Crippen LogP contribution < -0.4 is 0 Å². The van der Waals surface area contributed by atoms with Gasteiger partial charge in [0.1, 0.15) is 17.7 Å². The van der Waals surface area contributed by atoms with Crippen LogP contribution in [-0.2, 0) is 9.59 Å². The molecule has 10 heteroatoms. The van der Waals surface area contributed by atoms with Crippen molar-refractivity contribution in [3.05, 3.63) is 108 Å². The van der Waals surface area contributed by atoms with Crippen molar-refractivity contribution in [1.82, 2.24) is 39.5 Å². The molecule has 288 valence electrons. The molecule has 2 fully saturated rings. The summed E-state index contributed by atoms with van der Waals surface area (Å²) in [6, 6.07) is 26.7. The van der Waals surface area contributed by atoms with Crippen LogP contribution in [-0.4, -0.2) is 96.7 Å². The summed E-state index contributed by atoms with van der Waals surface area (Å²) in [5.74, 6) is 2.03. The van der Waals surface area contributed by atoms with Crippen LogP contribution in [0.4, 0.5) is 0 Å². The lowest BCUT2D eigenvalue weighted by atomic mass is 10.0. The number of benzene rings is 3. The number of hydrogen-bond donors (Lipinski definition) is 2. The van der Waals surface area contributed by atoms with E-state index < -0.39 is 0 Å². The van der Waals surface area contributed by atoms with Crippen molar-refractivity contribution in [3.8, 4) is 33.6 Å². The highest BCUT2D eigenvalue weighted by Gasteiger charge is 2.38. The van der Waals surface area contributed by atoms with Gasteiger partial charge in [0.25, 0.3) is 0 Å². The SMILES string of the molecule is CCN(CC)[C@H](C)C(=O)N1CCC[C@H]1c1ncc(-c2ccc(-c3ccc(-c4cnc([C@@H]5CCCN5C(=O)[C@@H](c5ccccc5)N(CC)CC)[nH]4)cc3)cc2)[nH]1. The van der Waals surface area contributed by atoms with Crippen molar-refractivity contribution in [1.29, 1.82) is 0 Å². The Bertz CT molecular complexity index is 2010. The number of aromatic nitrogens is 4. The molecule has 2 saturated heterocycles. The fraction of sp³-hybridized carbons (Fsp3) is 0.422. The van der Waals surface area contributed by atoms with Crippen LogP contribution in [0.5, 0.6) is 0 Å². The van der Waals surface area contributed by atoms with E-state index in [-0.39, 0.29) is 36.0 Å². The van der Waals surface area contributed by atoms with E-state index in [1.165, 1.54) is 0 Å². The Hall–Kier alpha value is -5.06. The first-order chi connectivity index (χ1) is 26.8. The number of hydrogen-bond acceptors (Lipinski definition) is 6. The van der Waals surface area contributed by atoms with Crippen molar-refractivity contribution in [2.45, 2.75) is 84.5 Å². The summed E-state index contributed by atoms with van der Waals surface area (Å²) in [7, 11) is 0. The molecule has 0 bridgehead atoms. The van der Waals surface area contributed by atoms with Crippen LogP contribution in [0, 0.1) is 0 Å². The van der Waals surface area contributed by atoms with E-state index in [0.717, 1.165) is 116 Å². The molecule has 0 saturated carbocycles. The maximum atomic E-state index is 14.2. The normalized spacial score (nSPS) is 18.4. The molecular formula is C45H56N8O2. The van der Waals surface area contributed by atoms with Gasteiger partial charge in [0.15, 0.2) is 0 Å². The maximum absolute atomic E-state index is 14.2. The Balaban J connectivity index is 1.01. The zero-order valence-electron chi connectivity index (χ0n) is 33.0. The van der Waals surface area contributed by atoms with Gasteiger partial charge in [-0.3, -0.25) is 19.4 Å². The van der Waals surface area contributed by atoms with Crippen LogP contribution in [0.2, 0.25) is 0 Å². The van der Waals surface area contributed by atoms with Gasteiger partial charge in [0.05, 0.1) is 41.9 Å². The molecule has 5 aromatic rings. The van der Waals surface area contributed by atoms with Gasteiger partial charge in [-0.05, 0) is 86.6 Å². The number of rotatable bonds is 14. The van der Waals surface area contributed by atoms with Gasteiger partial charge >= 0.3 is 0 Å². The van der Waals surface area contributed by atoms with Gasteiger partial charge < -0.3 is 19.8 Å². The van der Waals surface area contributed by atoms with Crippen LogP contribution in [0.15, 0.2) is 91.3 Å². The molecule has 0 unspecified atom stereocenters. The molecule has 3 aromatic carbocycles. The van der Waals surface area contributed by atoms with E-state index >= 15 is 0 Å². The second-order valence-corrected chi connectivity index (χ2v) is 14.8. The predicted octanol–water partition coefficient (Wildman–Crippen LogP) is 8.27. The smallest absolute Gasteiger partial charge is 0.245 e. The van der Waals surface area contributed by atoms with Crippen LogP contribution in [0.25, 0.3) is 33.6 Å². The third-order valence-electron chi connectivity index (χ3n) is 11.9. The Morgan fingerprint density at radius 2 is 1.07 bits per heavy atom. The molecule has 2 N–H and O–H groups in total. The van der Waals surface area contributed by atoms with Gasteiger partial charge in [-0.1, -0.05) is 107 Å². The minimum atomic E-state index is -0.309. The van der Waals surface area contributed by atoms with E-state index in [0.29, 0.717) is 0 Å². The largest absolute Gasteiger partial charge is 0.340 e. The topological polar surface area (TPSA) is 104 Å². The highest BCUT2D eigenvalue weighted by molar-refractivity contribution is 5.84. The summed E-state index contributed by atoms with van der Waals surface area (Å²) < 4.78 is 0. The molecule has 4 heterocycles. The number of likely N-dealkylation sites (N-methyl/N-ethyl adjacent to an activating group) is 2. The Morgan fingerprint density at radius 3 is 1.53 bits per heavy atom. The molecule has 10 nitrogen and oxygen atoms in total. The minimum absolute atomic E-state index is 0.0212. The fourth-order valence-electron chi connectivity index (χ4n) is 8.68. The van der Waals surface area contributed by atoms with Gasteiger partial charge in [-0.2, -0.15) is 0 Å². The Kier molecular flexibility index (Phi) is 11.9. The summed E-state index contributed by atoms with van der Waals surface area (Å²) >= 11 is 0. The molecule has 2 amide bonds. The molecule has 0 aliphatic carbocycles. The highest BCUT2D eigenvalue weighted by Crippen LogP contribution is 2.36. The Morgan fingerprint density at radius 1 is 0.636 bits per heavy atom. The zero-order chi connectivity index (χ0) is 38.5. The third kappa shape index (κ3) is 7.89. The van der Waals surface area contributed by atoms with E-state index in [1.807, 2.05) is 47.3 Å². The molecular weight excluding hydrogens is 685 g/mol. The first-order valence-corrected chi connectivity index (χ1v) is 20.3. The quantitative estimate of drug-likeness (QED) is 0.119. The third-order valence-corrected chi connectivity index (χ3v) is 11.9. The van der Waals surface area contributed by atoms with Crippen molar-refractivity contribution in [2.75, 3.05) is 39.3 Å². The predicted molar refractivity (Wildman–Crippen MR) is 219 cm³/mol.